The number of carbonyl (C=O) groups excluding carboxylic acids is 1. The van der Waals surface area contributed by atoms with Crippen LogP contribution in [0.3, 0.4) is 0 Å². The van der Waals surface area contributed by atoms with Crippen LogP contribution in [0.15, 0.2) is 29.0 Å². The van der Waals surface area contributed by atoms with Gasteiger partial charge in [0.25, 0.3) is 0 Å². The van der Waals surface area contributed by atoms with Crippen molar-refractivity contribution in [3.63, 3.8) is 0 Å². The normalized spacial score (nSPS) is 18.1. The first-order valence-electron chi connectivity index (χ1n) is 8.49. The highest BCUT2D eigenvalue weighted by Crippen LogP contribution is 2.21. The molecule has 25 heavy (non-hydrogen) atoms. The molecule has 1 amide bonds. The molecular weight excluding hydrogens is 406 g/mol. The summed E-state index contributed by atoms with van der Waals surface area (Å²) in [7, 11) is 0. The Labute approximate surface area is 162 Å². The van der Waals surface area contributed by atoms with Gasteiger partial charge >= 0.3 is 0 Å². The number of rotatable bonds is 6. The van der Waals surface area contributed by atoms with Crippen LogP contribution >= 0.6 is 28.3 Å². The van der Waals surface area contributed by atoms with Gasteiger partial charge in [-0.25, -0.2) is 4.98 Å². The van der Waals surface area contributed by atoms with Gasteiger partial charge in [0.1, 0.15) is 5.65 Å². The molecule has 0 aliphatic carbocycles. The lowest BCUT2D eigenvalue weighted by Crippen LogP contribution is -2.46. The molecule has 3 heterocycles. The Kier molecular flexibility index (Phi) is 7.68. The third kappa shape index (κ3) is 5.17. The summed E-state index contributed by atoms with van der Waals surface area (Å²) in [6, 6.07) is 4.38. The molecule has 1 saturated heterocycles. The summed E-state index contributed by atoms with van der Waals surface area (Å²) in [5, 5.41) is 3.02. The van der Waals surface area contributed by atoms with Crippen LogP contribution in [0.25, 0.3) is 5.65 Å². The van der Waals surface area contributed by atoms with E-state index < -0.39 is 0 Å². The van der Waals surface area contributed by atoms with Gasteiger partial charge in [-0.15, -0.1) is 12.4 Å². The molecule has 6 nitrogen and oxygen atoms in total. The van der Waals surface area contributed by atoms with E-state index in [4.69, 9.17) is 5.73 Å². The van der Waals surface area contributed by atoms with E-state index in [9.17, 15) is 4.79 Å². The van der Waals surface area contributed by atoms with Crippen LogP contribution in [0.4, 0.5) is 0 Å². The minimum Gasteiger partial charge on any atom is -0.354 e. The van der Waals surface area contributed by atoms with Crippen molar-refractivity contribution in [2.24, 2.45) is 5.73 Å². The number of piperidine rings is 1. The summed E-state index contributed by atoms with van der Waals surface area (Å²) in [6.45, 7) is 2.99. The molecule has 2 aromatic rings. The Hall–Kier alpha value is -1.15. The van der Waals surface area contributed by atoms with Crippen LogP contribution in [0.1, 0.15) is 31.4 Å². The Bertz CT molecular complexity index is 707. The van der Waals surface area contributed by atoms with E-state index in [-0.39, 0.29) is 18.3 Å². The number of aromatic nitrogens is 2. The van der Waals surface area contributed by atoms with E-state index in [1.165, 1.54) is 18.5 Å². The van der Waals surface area contributed by atoms with E-state index in [2.05, 4.69) is 41.7 Å². The maximum Gasteiger partial charge on any atom is 0.221 e. The number of hydrogen-bond donors (Lipinski definition) is 2. The molecule has 1 fully saturated rings. The summed E-state index contributed by atoms with van der Waals surface area (Å²) < 4.78 is 3.17. The molecule has 1 aliphatic heterocycles. The molecule has 0 saturated carbocycles. The monoisotopic (exact) mass is 429 g/mol. The van der Waals surface area contributed by atoms with Crippen molar-refractivity contribution in [1.29, 1.82) is 0 Å². The molecule has 1 atom stereocenters. The smallest absolute Gasteiger partial charge is 0.221 e. The summed E-state index contributed by atoms with van der Waals surface area (Å²) >= 11 is 3.52. The molecule has 0 bridgehead atoms. The highest BCUT2D eigenvalue weighted by atomic mass is 79.9. The second-order valence-corrected chi connectivity index (χ2v) is 7.20. The van der Waals surface area contributed by atoms with Gasteiger partial charge in [0.05, 0.1) is 11.9 Å². The van der Waals surface area contributed by atoms with Gasteiger partial charge in [0.15, 0.2) is 0 Å². The Balaban J connectivity index is 0.00000225. The first kappa shape index (κ1) is 20.2. The minimum absolute atomic E-state index is 0. The zero-order valence-corrected chi connectivity index (χ0v) is 16.6. The van der Waals surface area contributed by atoms with Crippen molar-refractivity contribution < 1.29 is 4.79 Å². The highest BCUT2D eigenvalue weighted by Gasteiger charge is 2.23. The predicted octanol–water partition coefficient (Wildman–Crippen LogP) is 2.34. The third-order valence-electron chi connectivity index (χ3n) is 4.57. The van der Waals surface area contributed by atoms with Gasteiger partial charge in [-0.2, -0.15) is 0 Å². The molecule has 3 rings (SSSR count). The number of halogens is 2. The van der Waals surface area contributed by atoms with E-state index in [1.807, 2.05) is 18.3 Å². The number of nitrogens with zero attached hydrogens (tertiary/aromatic N) is 3. The van der Waals surface area contributed by atoms with Gasteiger partial charge in [0, 0.05) is 42.8 Å². The van der Waals surface area contributed by atoms with Crippen molar-refractivity contribution in [2.75, 3.05) is 19.6 Å². The van der Waals surface area contributed by atoms with E-state index in [0.29, 0.717) is 25.6 Å². The van der Waals surface area contributed by atoms with Crippen LogP contribution in [0.5, 0.6) is 0 Å². The van der Waals surface area contributed by atoms with Crippen LogP contribution < -0.4 is 11.1 Å². The third-order valence-corrected chi connectivity index (χ3v) is 5.04. The lowest BCUT2D eigenvalue weighted by Gasteiger charge is -2.35. The van der Waals surface area contributed by atoms with Crippen molar-refractivity contribution in [3.8, 4) is 0 Å². The minimum atomic E-state index is 0. The van der Waals surface area contributed by atoms with Crippen LogP contribution in [-0.4, -0.2) is 45.9 Å². The number of hydrogen-bond acceptors (Lipinski definition) is 4. The Morgan fingerprint density at radius 1 is 1.40 bits per heavy atom. The van der Waals surface area contributed by atoms with E-state index in [0.717, 1.165) is 29.6 Å². The summed E-state index contributed by atoms with van der Waals surface area (Å²) in [5.41, 5.74) is 7.57. The fraction of sp³-hybridized carbons (Fsp3) is 0.529. The zero-order valence-electron chi connectivity index (χ0n) is 14.2. The molecule has 0 spiro atoms. The average Bonchev–Trinajstić information content (AvgIpc) is 2.96. The predicted molar refractivity (Wildman–Crippen MR) is 105 cm³/mol. The largest absolute Gasteiger partial charge is 0.354 e. The van der Waals surface area contributed by atoms with Crippen molar-refractivity contribution in [3.05, 3.63) is 34.7 Å². The van der Waals surface area contributed by atoms with Crippen LogP contribution in [0, 0.1) is 0 Å². The number of nitrogens with two attached hydrogens (primary N) is 1. The zero-order chi connectivity index (χ0) is 16.9. The molecule has 2 aromatic heterocycles. The fourth-order valence-corrected chi connectivity index (χ4v) is 3.62. The van der Waals surface area contributed by atoms with Gasteiger partial charge in [-0.1, -0.05) is 6.42 Å². The maximum absolute atomic E-state index is 11.7. The van der Waals surface area contributed by atoms with Crippen molar-refractivity contribution in [1.82, 2.24) is 19.6 Å². The quantitative estimate of drug-likeness (QED) is 0.737. The average molecular weight is 431 g/mol. The number of fused-ring (bicyclic) bond motifs is 1. The number of carbonyl (C=O) groups is 1. The van der Waals surface area contributed by atoms with Crippen molar-refractivity contribution in [2.45, 2.75) is 38.3 Å². The molecule has 1 aliphatic rings. The maximum atomic E-state index is 11.7. The first-order valence-corrected chi connectivity index (χ1v) is 9.29. The van der Waals surface area contributed by atoms with Gasteiger partial charge < -0.3 is 15.5 Å². The number of likely N-dealkylation sites (tertiary alicyclic amines) is 1. The second kappa shape index (κ2) is 9.52. The molecular formula is C17H25BrClN5O. The van der Waals surface area contributed by atoms with Gasteiger partial charge in [-0.05, 0) is 47.4 Å². The summed E-state index contributed by atoms with van der Waals surface area (Å²) in [5.74, 6) is 0.0433. The summed E-state index contributed by atoms with van der Waals surface area (Å²) in [4.78, 5) is 18.6. The number of pyridine rings is 1. The number of imidazole rings is 1. The Morgan fingerprint density at radius 3 is 3.04 bits per heavy atom. The summed E-state index contributed by atoms with van der Waals surface area (Å²) in [6.07, 6.45) is 7.93. The molecule has 138 valence electrons. The lowest BCUT2D eigenvalue weighted by molar-refractivity contribution is -0.121. The van der Waals surface area contributed by atoms with Gasteiger partial charge in [0.2, 0.25) is 5.91 Å². The van der Waals surface area contributed by atoms with E-state index >= 15 is 0 Å². The molecule has 0 radical (unpaired) electrons. The standard InChI is InChI=1S/C17H24BrN5O.ClH/c18-13-4-5-16-20-10-15(23(16)11-13)12-22-8-2-1-3-14(22)9-21-17(24)6-7-19;/h4-5,10-11,14H,1-3,6-9,12,19H2,(H,21,24);1H. The Morgan fingerprint density at radius 2 is 2.24 bits per heavy atom. The topological polar surface area (TPSA) is 75.7 Å². The van der Waals surface area contributed by atoms with Crippen molar-refractivity contribution >= 4 is 39.9 Å². The molecule has 3 N–H and O–H groups in total. The highest BCUT2D eigenvalue weighted by molar-refractivity contribution is 9.10. The first-order chi connectivity index (χ1) is 11.7. The second-order valence-electron chi connectivity index (χ2n) is 6.29. The SMILES string of the molecule is Cl.NCCC(=O)NCC1CCCCN1Cc1cnc2ccc(Br)cn12. The van der Waals surface area contributed by atoms with Gasteiger partial charge in [-0.3, -0.25) is 9.69 Å². The molecule has 0 aromatic carbocycles. The number of amides is 1. The van der Waals surface area contributed by atoms with Crippen LogP contribution in [-0.2, 0) is 11.3 Å². The van der Waals surface area contributed by atoms with E-state index in [1.54, 1.807) is 0 Å². The fourth-order valence-electron chi connectivity index (χ4n) is 3.28. The molecule has 8 heteroatoms. The lowest BCUT2D eigenvalue weighted by atomic mass is 10.0. The number of nitrogens with one attached hydrogen (secondary N) is 1. The molecule has 1 unspecified atom stereocenters. The van der Waals surface area contributed by atoms with Crippen LogP contribution in [0.2, 0.25) is 0 Å².